The van der Waals surface area contributed by atoms with Crippen molar-refractivity contribution in [3.8, 4) is 0 Å². The largest absolute Gasteiger partial charge is 0.449 e. The van der Waals surface area contributed by atoms with E-state index >= 15 is 0 Å². The molecule has 0 aliphatic carbocycles. The van der Waals surface area contributed by atoms with Crippen LogP contribution in [0.4, 0.5) is 13.2 Å². The molecule has 3 heterocycles. The lowest BCUT2D eigenvalue weighted by Crippen LogP contribution is -2.37. The zero-order valence-electron chi connectivity index (χ0n) is 11.5. The molecule has 21 heavy (non-hydrogen) atoms. The predicted octanol–water partition coefficient (Wildman–Crippen LogP) is 1.08. The van der Waals surface area contributed by atoms with Crippen molar-refractivity contribution in [2.45, 2.75) is 38.0 Å². The number of imidazole rings is 1. The Labute approximate surface area is 120 Å². The third-order valence-corrected chi connectivity index (χ3v) is 6.05. The van der Waals surface area contributed by atoms with Gasteiger partial charge < -0.3 is 9.88 Å². The van der Waals surface area contributed by atoms with Crippen molar-refractivity contribution in [1.29, 1.82) is 0 Å². The topological polar surface area (TPSA) is 64.0 Å². The van der Waals surface area contributed by atoms with Crippen LogP contribution in [0.25, 0.3) is 0 Å². The lowest BCUT2D eigenvalue weighted by Gasteiger charge is -2.30. The van der Waals surface area contributed by atoms with Crippen molar-refractivity contribution in [3.05, 3.63) is 17.2 Å². The van der Waals surface area contributed by atoms with Gasteiger partial charge in [0, 0.05) is 25.2 Å². The van der Waals surface area contributed by atoms with E-state index in [1.807, 2.05) is 0 Å². The Morgan fingerprint density at radius 3 is 2.67 bits per heavy atom. The number of hydrogen-bond donors (Lipinski definition) is 1. The number of nitrogens with one attached hydrogen (secondary N) is 1. The van der Waals surface area contributed by atoms with Gasteiger partial charge in [0.2, 0.25) is 5.82 Å². The molecule has 0 saturated carbocycles. The van der Waals surface area contributed by atoms with Crippen LogP contribution in [0.3, 0.4) is 0 Å². The van der Waals surface area contributed by atoms with Gasteiger partial charge in [-0.2, -0.15) is 13.2 Å². The van der Waals surface area contributed by atoms with E-state index in [2.05, 4.69) is 10.3 Å². The van der Waals surface area contributed by atoms with Gasteiger partial charge in [-0.15, -0.1) is 0 Å². The predicted molar refractivity (Wildman–Crippen MR) is 69.6 cm³/mol. The molecule has 0 aromatic carbocycles. The van der Waals surface area contributed by atoms with Crippen LogP contribution in [0.15, 0.2) is 0 Å². The quantitative estimate of drug-likeness (QED) is 0.840. The van der Waals surface area contributed by atoms with Gasteiger partial charge in [-0.1, -0.05) is 0 Å². The van der Waals surface area contributed by atoms with Crippen molar-refractivity contribution in [1.82, 2.24) is 14.9 Å². The highest BCUT2D eigenvalue weighted by molar-refractivity contribution is 7.91. The molecule has 2 aliphatic rings. The Balaban J connectivity index is 2.19. The van der Waals surface area contributed by atoms with Gasteiger partial charge in [-0.05, 0) is 13.3 Å². The van der Waals surface area contributed by atoms with Crippen LogP contribution in [0, 0.1) is 0 Å². The second-order valence-corrected chi connectivity index (χ2v) is 8.11. The highest BCUT2D eigenvalue weighted by Crippen LogP contribution is 2.39. The van der Waals surface area contributed by atoms with Gasteiger partial charge in [0.25, 0.3) is 0 Å². The van der Waals surface area contributed by atoms with Crippen molar-refractivity contribution >= 4 is 9.84 Å². The SMILES string of the molecule is CC1(n2c(C(F)(F)F)nc3c2CCNC3)CCS(=O)(=O)C1. The summed E-state index contributed by atoms with van der Waals surface area (Å²) in [7, 11) is -3.30. The highest BCUT2D eigenvalue weighted by atomic mass is 32.2. The number of fused-ring (bicyclic) bond motifs is 1. The van der Waals surface area contributed by atoms with E-state index in [0.717, 1.165) is 4.57 Å². The molecule has 1 fully saturated rings. The number of nitrogens with zero attached hydrogens (tertiary/aromatic N) is 2. The summed E-state index contributed by atoms with van der Waals surface area (Å²) in [5.41, 5.74) is -0.179. The molecule has 1 N–H and O–H groups in total. The van der Waals surface area contributed by atoms with Gasteiger partial charge in [0.15, 0.2) is 9.84 Å². The summed E-state index contributed by atoms with van der Waals surface area (Å²) in [5.74, 6) is -1.32. The summed E-state index contributed by atoms with van der Waals surface area (Å²) in [4.78, 5) is 3.74. The summed E-state index contributed by atoms with van der Waals surface area (Å²) >= 11 is 0. The molecule has 0 radical (unpaired) electrons. The first kappa shape index (κ1) is 14.8. The summed E-state index contributed by atoms with van der Waals surface area (Å²) in [5, 5.41) is 2.99. The van der Waals surface area contributed by atoms with Crippen molar-refractivity contribution in [2.75, 3.05) is 18.1 Å². The van der Waals surface area contributed by atoms with Gasteiger partial charge in [0.1, 0.15) is 0 Å². The average Bonchev–Trinajstić information content (AvgIpc) is 2.87. The zero-order valence-corrected chi connectivity index (χ0v) is 12.3. The minimum absolute atomic E-state index is 0.0774. The average molecular weight is 323 g/mol. The van der Waals surface area contributed by atoms with E-state index in [9.17, 15) is 21.6 Å². The van der Waals surface area contributed by atoms with Crippen molar-refractivity contribution in [3.63, 3.8) is 0 Å². The Morgan fingerprint density at radius 1 is 1.38 bits per heavy atom. The Kier molecular flexibility index (Phi) is 3.14. The van der Waals surface area contributed by atoms with Crippen LogP contribution < -0.4 is 5.32 Å². The van der Waals surface area contributed by atoms with Crippen LogP contribution in [0.1, 0.15) is 30.6 Å². The molecule has 118 valence electrons. The van der Waals surface area contributed by atoms with Crippen molar-refractivity contribution in [2.24, 2.45) is 0 Å². The lowest BCUT2D eigenvalue weighted by atomic mass is 9.99. The summed E-state index contributed by atoms with van der Waals surface area (Å²) in [6, 6.07) is 0. The number of hydrogen-bond acceptors (Lipinski definition) is 4. The number of alkyl halides is 3. The third-order valence-electron chi connectivity index (χ3n) is 4.16. The Morgan fingerprint density at radius 2 is 2.10 bits per heavy atom. The second kappa shape index (κ2) is 4.45. The normalized spacial score (nSPS) is 28.6. The monoisotopic (exact) mass is 323 g/mol. The molecule has 9 heteroatoms. The smallest absolute Gasteiger partial charge is 0.317 e. The zero-order chi connectivity index (χ0) is 15.5. The standard InChI is InChI=1S/C12H16F3N3O2S/c1-11(3-5-21(19,20)7-11)18-9-2-4-16-6-8(9)17-10(18)12(13,14)15/h16H,2-7H2,1H3. The maximum absolute atomic E-state index is 13.3. The molecule has 1 aromatic rings. The van der Waals surface area contributed by atoms with Gasteiger partial charge in [0.05, 0.1) is 22.7 Å². The van der Waals surface area contributed by atoms with E-state index in [-0.39, 0.29) is 24.5 Å². The molecular formula is C12H16F3N3O2S. The number of rotatable bonds is 1. The first-order valence-electron chi connectivity index (χ1n) is 6.72. The fourth-order valence-electron chi connectivity index (χ4n) is 3.25. The molecule has 0 amide bonds. The molecule has 1 unspecified atom stereocenters. The van der Waals surface area contributed by atoms with Crippen LogP contribution in [0.5, 0.6) is 0 Å². The van der Waals surface area contributed by atoms with Crippen LogP contribution in [0.2, 0.25) is 0 Å². The van der Waals surface area contributed by atoms with E-state index in [0.29, 0.717) is 24.4 Å². The molecule has 5 nitrogen and oxygen atoms in total. The van der Waals surface area contributed by atoms with Gasteiger partial charge in [-0.25, -0.2) is 13.4 Å². The first-order chi connectivity index (χ1) is 9.62. The van der Waals surface area contributed by atoms with Crippen molar-refractivity contribution < 1.29 is 21.6 Å². The number of aromatic nitrogens is 2. The van der Waals surface area contributed by atoms with E-state index in [1.54, 1.807) is 6.92 Å². The molecular weight excluding hydrogens is 307 g/mol. The maximum atomic E-state index is 13.3. The molecule has 0 spiro atoms. The third kappa shape index (κ3) is 2.46. The minimum Gasteiger partial charge on any atom is -0.317 e. The summed E-state index contributed by atoms with van der Waals surface area (Å²) < 4.78 is 64.5. The van der Waals surface area contributed by atoms with Gasteiger partial charge >= 0.3 is 6.18 Å². The molecule has 2 aliphatic heterocycles. The fourth-order valence-corrected chi connectivity index (χ4v) is 5.37. The molecule has 0 bridgehead atoms. The molecule has 1 saturated heterocycles. The number of sulfone groups is 1. The molecule has 1 aromatic heterocycles. The summed E-state index contributed by atoms with van der Waals surface area (Å²) in [6.45, 7) is 2.43. The van der Waals surface area contributed by atoms with Crippen LogP contribution in [-0.2, 0) is 34.5 Å². The van der Waals surface area contributed by atoms with E-state index in [4.69, 9.17) is 0 Å². The van der Waals surface area contributed by atoms with Crippen LogP contribution in [-0.4, -0.2) is 36.0 Å². The first-order valence-corrected chi connectivity index (χ1v) is 8.54. The fraction of sp³-hybridized carbons (Fsp3) is 0.750. The summed E-state index contributed by atoms with van der Waals surface area (Å²) in [6.07, 6.45) is -3.98. The second-order valence-electron chi connectivity index (χ2n) is 5.93. The van der Waals surface area contributed by atoms with Gasteiger partial charge in [-0.3, -0.25) is 0 Å². The highest BCUT2D eigenvalue weighted by Gasteiger charge is 2.48. The minimum atomic E-state index is -4.59. The Hall–Kier alpha value is -1.09. The molecule has 3 rings (SSSR count). The van der Waals surface area contributed by atoms with E-state index in [1.165, 1.54) is 0 Å². The lowest BCUT2D eigenvalue weighted by molar-refractivity contribution is -0.149. The maximum Gasteiger partial charge on any atom is 0.449 e. The van der Waals surface area contributed by atoms with Crippen LogP contribution >= 0.6 is 0 Å². The number of halogens is 3. The molecule has 1 atom stereocenters. The van der Waals surface area contributed by atoms with E-state index < -0.39 is 27.4 Å². The Bertz CT molecular complexity index is 681.